The van der Waals surface area contributed by atoms with Crippen LogP contribution in [0.15, 0.2) is 90.0 Å². The van der Waals surface area contributed by atoms with Gasteiger partial charge in [0.05, 0.1) is 11.4 Å². The van der Waals surface area contributed by atoms with E-state index in [0.717, 1.165) is 34.9 Å². The van der Waals surface area contributed by atoms with E-state index in [1.807, 2.05) is 67.6 Å². The second-order valence-corrected chi connectivity index (χ2v) is 8.00. The van der Waals surface area contributed by atoms with Crippen LogP contribution in [0.3, 0.4) is 0 Å². The highest BCUT2D eigenvalue weighted by atomic mass is 32.2. The first-order chi connectivity index (χ1) is 15.6. The predicted octanol–water partition coefficient (Wildman–Crippen LogP) is 5.30. The maximum absolute atomic E-state index is 11.6. The molecule has 32 heavy (non-hydrogen) atoms. The van der Waals surface area contributed by atoms with Crippen LogP contribution in [0.25, 0.3) is 0 Å². The molecule has 3 aromatic carbocycles. The minimum absolute atomic E-state index is 0.458. The van der Waals surface area contributed by atoms with Crippen molar-refractivity contribution >= 4 is 34.5 Å². The third-order valence-electron chi connectivity index (χ3n) is 4.66. The molecule has 4 N–H and O–H groups in total. The summed E-state index contributed by atoms with van der Waals surface area (Å²) in [6, 6.07) is 24.3. The van der Waals surface area contributed by atoms with E-state index >= 15 is 0 Å². The molecule has 0 bridgehead atoms. The highest BCUT2D eigenvalue weighted by molar-refractivity contribution is 7.89. The van der Waals surface area contributed by atoms with Crippen LogP contribution in [0.5, 0.6) is 11.5 Å². The molecular weight excluding hydrogens is 422 g/mol. The summed E-state index contributed by atoms with van der Waals surface area (Å²) in [5, 5.41) is 12.0. The van der Waals surface area contributed by atoms with Gasteiger partial charge in [-0.3, -0.25) is 0 Å². The van der Waals surface area contributed by atoms with E-state index in [1.54, 1.807) is 24.4 Å². The van der Waals surface area contributed by atoms with Crippen LogP contribution in [0.1, 0.15) is 12.5 Å². The molecular formula is C24H23N5O2S. The van der Waals surface area contributed by atoms with E-state index < -0.39 is 11.4 Å². The summed E-state index contributed by atoms with van der Waals surface area (Å²) in [4.78, 5) is 9.59. The second-order valence-electron chi connectivity index (χ2n) is 6.94. The van der Waals surface area contributed by atoms with Gasteiger partial charge in [-0.1, -0.05) is 31.2 Å². The molecule has 1 unspecified atom stereocenters. The minimum atomic E-state index is -1.55. The van der Waals surface area contributed by atoms with Crippen molar-refractivity contribution in [3.8, 4) is 11.5 Å². The van der Waals surface area contributed by atoms with Crippen molar-refractivity contribution in [2.45, 2.75) is 18.2 Å². The lowest BCUT2D eigenvalue weighted by molar-refractivity contribution is 0.483. The van der Waals surface area contributed by atoms with Gasteiger partial charge in [-0.05, 0) is 55.0 Å². The molecule has 0 radical (unpaired) electrons. The van der Waals surface area contributed by atoms with Crippen LogP contribution in [-0.2, 0) is 17.8 Å². The Bertz CT molecular complexity index is 1170. The summed E-state index contributed by atoms with van der Waals surface area (Å²) in [6.45, 7) is 2.04. The number of nitrogens with zero attached hydrogens (tertiary/aromatic N) is 2. The summed E-state index contributed by atoms with van der Waals surface area (Å²) in [5.41, 5.74) is 2.55. The zero-order valence-corrected chi connectivity index (χ0v) is 18.3. The van der Waals surface area contributed by atoms with Gasteiger partial charge in [0, 0.05) is 29.2 Å². The van der Waals surface area contributed by atoms with Crippen LogP contribution in [0.4, 0.5) is 23.1 Å². The fourth-order valence-corrected chi connectivity index (χ4v) is 3.49. The predicted molar refractivity (Wildman–Crippen MR) is 128 cm³/mol. The molecule has 1 heterocycles. The summed E-state index contributed by atoms with van der Waals surface area (Å²) >= 11 is -1.55. The number of benzene rings is 3. The Kier molecular flexibility index (Phi) is 6.86. The first-order valence-electron chi connectivity index (χ1n) is 10.1. The number of hydrogen-bond donors (Lipinski definition) is 3. The van der Waals surface area contributed by atoms with Gasteiger partial charge in [0.2, 0.25) is 5.95 Å². The average Bonchev–Trinajstić information content (AvgIpc) is 2.81. The molecule has 8 heteroatoms. The van der Waals surface area contributed by atoms with Crippen LogP contribution >= 0.6 is 0 Å². The van der Waals surface area contributed by atoms with Gasteiger partial charge < -0.3 is 19.9 Å². The molecule has 7 nitrogen and oxygen atoms in total. The molecule has 0 amide bonds. The minimum Gasteiger partial charge on any atom is -0.593 e. The molecule has 0 spiro atoms. The zero-order valence-electron chi connectivity index (χ0n) is 17.5. The summed E-state index contributed by atoms with van der Waals surface area (Å²) in [6.07, 6.45) is 2.55. The third-order valence-corrected chi connectivity index (χ3v) is 5.38. The lowest BCUT2D eigenvalue weighted by atomic mass is 10.2. The first-order valence-corrected chi connectivity index (χ1v) is 11.3. The molecule has 0 saturated heterocycles. The van der Waals surface area contributed by atoms with Gasteiger partial charge in [-0.15, -0.1) is 5.14 Å². The van der Waals surface area contributed by atoms with Crippen LogP contribution in [-0.4, -0.2) is 14.5 Å². The Morgan fingerprint density at radius 1 is 0.906 bits per heavy atom. The Labute approximate surface area is 190 Å². The van der Waals surface area contributed by atoms with Gasteiger partial charge >= 0.3 is 0 Å². The van der Waals surface area contributed by atoms with Crippen molar-refractivity contribution in [2.75, 3.05) is 10.6 Å². The molecule has 0 aliphatic heterocycles. The van der Waals surface area contributed by atoms with Crippen molar-refractivity contribution in [1.29, 1.82) is 0 Å². The Morgan fingerprint density at radius 2 is 1.66 bits per heavy atom. The quantitative estimate of drug-likeness (QED) is 0.316. The van der Waals surface area contributed by atoms with E-state index in [1.165, 1.54) is 0 Å². The molecule has 0 aliphatic carbocycles. The number of para-hydroxylation sites is 1. The Balaban J connectivity index is 1.49. The van der Waals surface area contributed by atoms with Crippen molar-refractivity contribution < 1.29 is 9.29 Å². The van der Waals surface area contributed by atoms with E-state index in [0.29, 0.717) is 16.7 Å². The maximum atomic E-state index is 11.6. The van der Waals surface area contributed by atoms with E-state index in [2.05, 4.69) is 20.6 Å². The van der Waals surface area contributed by atoms with E-state index in [9.17, 15) is 4.55 Å². The van der Waals surface area contributed by atoms with Crippen molar-refractivity contribution in [3.05, 3.63) is 90.6 Å². The number of aryl methyl sites for hydroxylation is 1. The van der Waals surface area contributed by atoms with Crippen molar-refractivity contribution in [3.63, 3.8) is 0 Å². The zero-order chi connectivity index (χ0) is 22.3. The summed E-state index contributed by atoms with van der Waals surface area (Å²) < 4.78 is 17.4. The highest BCUT2D eigenvalue weighted by Crippen LogP contribution is 2.26. The largest absolute Gasteiger partial charge is 0.593 e. The first kappa shape index (κ1) is 21.6. The Morgan fingerprint density at radius 3 is 2.38 bits per heavy atom. The standard InChI is InChI=1S/C24H23N5O2S/c1-2-17-16-26-24(29-23(17)27-19-7-6-10-22(15-19)32(25)30)28-18-11-13-21(14-12-18)31-20-8-4-3-5-9-20/h3-16H,2,25H2,1H3,(H2,26,27,28,29). The fraction of sp³-hybridized carbons (Fsp3) is 0.0833. The SMILES string of the molecule is CCc1cnc(Nc2ccc(Oc3ccccc3)cc2)nc1Nc1cccc([S+](N)[O-])c1. The monoisotopic (exact) mass is 445 g/mol. The van der Waals surface area contributed by atoms with Crippen molar-refractivity contribution in [1.82, 2.24) is 9.97 Å². The number of anilines is 4. The number of nitrogens with two attached hydrogens (primary N) is 1. The van der Waals surface area contributed by atoms with Crippen molar-refractivity contribution in [2.24, 2.45) is 5.14 Å². The molecule has 0 aliphatic rings. The van der Waals surface area contributed by atoms with Gasteiger partial charge in [0.15, 0.2) is 4.90 Å². The number of aromatic nitrogens is 2. The maximum Gasteiger partial charge on any atom is 0.229 e. The Hall–Kier alpha value is -3.59. The van der Waals surface area contributed by atoms with Crippen LogP contribution in [0, 0.1) is 0 Å². The van der Waals surface area contributed by atoms with Gasteiger partial charge in [0.1, 0.15) is 17.3 Å². The third kappa shape index (κ3) is 5.55. The summed E-state index contributed by atoms with van der Waals surface area (Å²) in [5.74, 6) is 2.66. The fourth-order valence-electron chi connectivity index (χ4n) is 3.03. The number of nitrogens with one attached hydrogen (secondary N) is 2. The second kappa shape index (κ2) is 10.1. The molecule has 1 aromatic heterocycles. The lowest BCUT2D eigenvalue weighted by Crippen LogP contribution is -2.12. The molecule has 162 valence electrons. The van der Waals surface area contributed by atoms with E-state index in [4.69, 9.17) is 9.88 Å². The number of rotatable bonds is 8. The molecule has 4 aromatic rings. The summed E-state index contributed by atoms with van der Waals surface area (Å²) in [7, 11) is 0. The molecule has 0 saturated carbocycles. The number of ether oxygens (including phenoxy) is 1. The van der Waals surface area contributed by atoms with Crippen LogP contribution < -0.4 is 20.5 Å². The van der Waals surface area contributed by atoms with E-state index in [-0.39, 0.29) is 0 Å². The molecule has 4 rings (SSSR count). The van der Waals surface area contributed by atoms with Crippen LogP contribution in [0.2, 0.25) is 0 Å². The molecule has 1 atom stereocenters. The van der Waals surface area contributed by atoms with Gasteiger partial charge in [0.25, 0.3) is 0 Å². The van der Waals surface area contributed by atoms with Gasteiger partial charge in [-0.2, -0.15) is 4.98 Å². The number of hydrogen-bond acceptors (Lipinski definition) is 7. The lowest BCUT2D eigenvalue weighted by Gasteiger charge is -2.13. The average molecular weight is 446 g/mol. The topological polar surface area (TPSA) is 108 Å². The highest BCUT2D eigenvalue weighted by Gasteiger charge is 2.10. The molecule has 0 fully saturated rings. The normalized spacial score (nSPS) is 11.6. The van der Waals surface area contributed by atoms with Gasteiger partial charge in [-0.25, -0.2) is 4.98 Å². The smallest absolute Gasteiger partial charge is 0.229 e.